The summed E-state index contributed by atoms with van der Waals surface area (Å²) in [7, 11) is 0. The zero-order chi connectivity index (χ0) is 17.9. The molecule has 130 valence electrons. The molecule has 24 heavy (non-hydrogen) atoms. The van der Waals surface area contributed by atoms with Crippen LogP contribution in [0.3, 0.4) is 0 Å². The van der Waals surface area contributed by atoms with Crippen LogP contribution in [0.4, 0.5) is 11.4 Å². The number of carbonyl (C=O) groups excluding carboxylic acids is 2. The van der Waals surface area contributed by atoms with E-state index in [0.717, 1.165) is 4.90 Å². The molecule has 0 bridgehead atoms. The quantitative estimate of drug-likeness (QED) is 0.600. The van der Waals surface area contributed by atoms with Gasteiger partial charge in [-0.25, -0.2) is 0 Å². The number of anilines is 1. The van der Waals surface area contributed by atoms with E-state index in [2.05, 4.69) is 5.32 Å². The van der Waals surface area contributed by atoms with Gasteiger partial charge in [-0.1, -0.05) is 11.6 Å². The largest absolute Gasteiger partial charge is 0.332 e. The van der Waals surface area contributed by atoms with Crippen molar-refractivity contribution in [2.24, 2.45) is 0 Å². The average molecular weight is 356 g/mol. The predicted octanol–water partition coefficient (Wildman–Crippen LogP) is 0.322. The van der Waals surface area contributed by atoms with Gasteiger partial charge in [0.05, 0.1) is 41.8 Å². The van der Waals surface area contributed by atoms with Crippen molar-refractivity contribution in [3.8, 4) is 0 Å². The van der Waals surface area contributed by atoms with Crippen molar-refractivity contribution >= 4 is 34.8 Å². The first-order valence-electron chi connectivity index (χ1n) is 7.64. The number of benzene rings is 1. The van der Waals surface area contributed by atoms with Crippen LogP contribution in [0.5, 0.6) is 0 Å². The zero-order valence-electron chi connectivity index (χ0n) is 13.5. The van der Waals surface area contributed by atoms with Gasteiger partial charge >= 0.3 is 0 Å². The number of piperazine rings is 1. The van der Waals surface area contributed by atoms with E-state index in [9.17, 15) is 19.7 Å². The molecule has 0 radical (unpaired) electrons. The minimum atomic E-state index is -0.543. The fraction of sp³-hybridized carbons (Fsp3) is 0.467. The molecule has 1 atom stereocenters. The molecule has 0 unspecified atom stereocenters. The average Bonchev–Trinajstić information content (AvgIpc) is 2.55. The molecule has 2 rings (SSSR count). The van der Waals surface area contributed by atoms with Gasteiger partial charge in [0.2, 0.25) is 5.91 Å². The molecule has 9 heteroatoms. The first kappa shape index (κ1) is 18.2. The predicted molar refractivity (Wildman–Crippen MR) is 89.1 cm³/mol. The topological polar surface area (TPSA) is 97.0 Å². The van der Waals surface area contributed by atoms with E-state index in [-0.39, 0.29) is 28.6 Å². The molecule has 2 N–H and O–H groups in total. The number of halogens is 1. The number of rotatable bonds is 4. The SMILES string of the molecule is CC(=O)N1CC[NH+]([C@@H](C)C(=O)Nc2ccc([N+](=O)[O-])cc2Cl)CC1. The Bertz CT molecular complexity index is 659. The van der Waals surface area contributed by atoms with Crippen LogP contribution in [0.15, 0.2) is 18.2 Å². The molecule has 0 spiro atoms. The number of non-ortho nitro benzene ring substituents is 1. The highest BCUT2D eigenvalue weighted by Crippen LogP contribution is 2.26. The van der Waals surface area contributed by atoms with Crippen molar-refractivity contribution in [2.75, 3.05) is 31.5 Å². The van der Waals surface area contributed by atoms with E-state index in [0.29, 0.717) is 31.9 Å². The lowest BCUT2D eigenvalue weighted by molar-refractivity contribution is -0.917. The first-order valence-corrected chi connectivity index (χ1v) is 8.02. The van der Waals surface area contributed by atoms with E-state index < -0.39 is 4.92 Å². The third-order valence-electron chi connectivity index (χ3n) is 4.28. The van der Waals surface area contributed by atoms with Crippen molar-refractivity contribution in [1.29, 1.82) is 0 Å². The standard InChI is InChI=1S/C15H19ClN4O4/c1-10(18-5-7-19(8-6-18)11(2)21)15(22)17-14-4-3-12(20(23)24)9-13(14)16/h3-4,9-10H,5-8H2,1-2H3,(H,17,22)/p+1/t10-/m0/s1. The monoisotopic (exact) mass is 355 g/mol. The Morgan fingerprint density at radius 2 is 2.00 bits per heavy atom. The number of nitrogens with one attached hydrogen (secondary N) is 2. The number of nitrogens with zero attached hydrogens (tertiary/aromatic N) is 2. The highest BCUT2D eigenvalue weighted by Gasteiger charge is 2.30. The van der Waals surface area contributed by atoms with Gasteiger partial charge in [0.25, 0.3) is 11.6 Å². The minimum Gasteiger partial charge on any atom is -0.332 e. The number of quaternary nitrogens is 1. The van der Waals surface area contributed by atoms with Crippen LogP contribution in [-0.2, 0) is 9.59 Å². The van der Waals surface area contributed by atoms with Gasteiger partial charge in [0.15, 0.2) is 6.04 Å². The highest BCUT2D eigenvalue weighted by molar-refractivity contribution is 6.34. The summed E-state index contributed by atoms with van der Waals surface area (Å²) in [6.45, 7) is 6.00. The zero-order valence-corrected chi connectivity index (χ0v) is 14.3. The lowest BCUT2D eigenvalue weighted by Gasteiger charge is -2.34. The van der Waals surface area contributed by atoms with Crippen LogP contribution in [-0.4, -0.2) is 53.9 Å². The molecule has 0 aliphatic carbocycles. The molecular formula is C15H20ClN4O4+. The van der Waals surface area contributed by atoms with Crippen LogP contribution in [0, 0.1) is 10.1 Å². The lowest BCUT2D eigenvalue weighted by Crippen LogP contribution is -3.19. The molecule has 0 saturated carbocycles. The Balaban J connectivity index is 1.97. The van der Waals surface area contributed by atoms with Crippen molar-refractivity contribution < 1.29 is 19.4 Å². The summed E-state index contributed by atoms with van der Waals surface area (Å²) in [5, 5.41) is 13.5. The van der Waals surface area contributed by atoms with Crippen molar-refractivity contribution in [1.82, 2.24) is 4.90 Å². The molecular weight excluding hydrogens is 336 g/mol. The fourth-order valence-corrected chi connectivity index (χ4v) is 2.91. The smallest absolute Gasteiger partial charge is 0.282 e. The van der Waals surface area contributed by atoms with Gasteiger partial charge in [-0.05, 0) is 13.0 Å². The molecule has 1 aromatic rings. The fourth-order valence-electron chi connectivity index (χ4n) is 2.69. The summed E-state index contributed by atoms with van der Waals surface area (Å²) in [5.74, 6) is -0.166. The Kier molecular flexibility index (Phi) is 5.74. The molecule has 1 heterocycles. The van der Waals surface area contributed by atoms with Gasteiger partial charge in [-0.2, -0.15) is 0 Å². The number of amides is 2. The molecule has 1 aliphatic rings. The number of carbonyl (C=O) groups is 2. The Morgan fingerprint density at radius 3 is 2.50 bits per heavy atom. The van der Waals surface area contributed by atoms with E-state index >= 15 is 0 Å². The minimum absolute atomic E-state index is 0.0452. The Morgan fingerprint density at radius 1 is 1.38 bits per heavy atom. The van der Waals surface area contributed by atoms with E-state index in [4.69, 9.17) is 11.6 Å². The van der Waals surface area contributed by atoms with Crippen LogP contribution in [0.2, 0.25) is 5.02 Å². The van der Waals surface area contributed by atoms with Crippen LogP contribution >= 0.6 is 11.6 Å². The number of hydrogen-bond acceptors (Lipinski definition) is 4. The molecule has 1 saturated heterocycles. The Labute approximate surface area is 144 Å². The normalized spacial score (nSPS) is 16.5. The second-order valence-electron chi connectivity index (χ2n) is 5.80. The number of nitro groups is 1. The van der Waals surface area contributed by atoms with Gasteiger partial charge in [-0.15, -0.1) is 0 Å². The Hall–Kier alpha value is -2.19. The molecule has 2 amide bonds. The highest BCUT2D eigenvalue weighted by atomic mass is 35.5. The summed E-state index contributed by atoms with van der Waals surface area (Å²) in [5.41, 5.74) is 0.220. The lowest BCUT2D eigenvalue weighted by atomic mass is 10.2. The maximum absolute atomic E-state index is 12.4. The van der Waals surface area contributed by atoms with Crippen molar-refractivity contribution in [2.45, 2.75) is 19.9 Å². The number of nitro benzene ring substituents is 1. The summed E-state index contributed by atoms with van der Waals surface area (Å²) in [6.07, 6.45) is 0. The van der Waals surface area contributed by atoms with Gasteiger partial charge < -0.3 is 15.1 Å². The summed E-state index contributed by atoms with van der Waals surface area (Å²) >= 11 is 5.99. The third-order valence-corrected chi connectivity index (χ3v) is 4.59. The van der Waals surface area contributed by atoms with E-state index in [1.54, 1.807) is 4.90 Å². The third kappa shape index (κ3) is 4.21. The second kappa shape index (κ2) is 7.59. The van der Waals surface area contributed by atoms with E-state index in [1.807, 2.05) is 6.92 Å². The molecule has 1 aromatic carbocycles. The van der Waals surface area contributed by atoms with Gasteiger partial charge in [-0.3, -0.25) is 19.7 Å². The first-order chi connectivity index (χ1) is 11.3. The van der Waals surface area contributed by atoms with Crippen LogP contribution in [0.1, 0.15) is 13.8 Å². The molecule has 1 fully saturated rings. The second-order valence-corrected chi connectivity index (χ2v) is 6.20. The van der Waals surface area contributed by atoms with Gasteiger partial charge in [0, 0.05) is 19.1 Å². The van der Waals surface area contributed by atoms with Crippen LogP contribution < -0.4 is 10.2 Å². The van der Waals surface area contributed by atoms with E-state index in [1.165, 1.54) is 25.1 Å². The maximum atomic E-state index is 12.4. The molecule has 8 nitrogen and oxygen atoms in total. The summed E-state index contributed by atoms with van der Waals surface area (Å²) < 4.78 is 0. The maximum Gasteiger partial charge on any atom is 0.282 e. The summed E-state index contributed by atoms with van der Waals surface area (Å²) in [6, 6.07) is 3.62. The van der Waals surface area contributed by atoms with Crippen molar-refractivity contribution in [3.63, 3.8) is 0 Å². The summed E-state index contributed by atoms with van der Waals surface area (Å²) in [4.78, 5) is 36.7. The van der Waals surface area contributed by atoms with Crippen LogP contribution in [0.25, 0.3) is 0 Å². The molecule has 0 aromatic heterocycles. The van der Waals surface area contributed by atoms with Crippen molar-refractivity contribution in [3.05, 3.63) is 33.3 Å². The molecule has 1 aliphatic heterocycles. The number of hydrogen-bond donors (Lipinski definition) is 2. The van der Waals surface area contributed by atoms with Gasteiger partial charge in [0.1, 0.15) is 0 Å².